The zero-order chi connectivity index (χ0) is 11.1. The Morgan fingerprint density at radius 2 is 2.07 bits per heavy atom. The Labute approximate surface area is 96.4 Å². The molecule has 0 fully saturated rings. The topological polar surface area (TPSA) is 12.5 Å². The van der Waals surface area contributed by atoms with Crippen molar-refractivity contribution in [1.29, 1.82) is 0 Å². The highest BCUT2D eigenvalue weighted by molar-refractivity contribution is 8.13. The zero-order valence-corrected chi connectivity index (χ0v) is 11.0. The number of anilines is 1. The average Bonchev–Trinajstić information content (AvgIpc) is 2.50. The van der Waals surface area contributed by atoms with Crippen molar-refractivity contribution < 1.29 is 4.52 Å². The number of benzene rings is 1. The molecule has 1 aliphatic heterocycles. The highest BCUT2D eigenvalue weighted by Gasteiger charge is 2.37. The summed E-state index contributed by atoms with van der Waals surface area (Å²) in [5.74, 6) is 0.955. The summed E-state index contributed by atoms with van der Waals surface area (Å²) in [7, 11) is 0. The van der Waals surface area contributed by atoms with Gasteiger partial charge in [0, 0.05) is 12.2 Å². The second-order valence-electron chi connectivity index (χ2n) is 3.95. The molecule has 0 bridgehead atoms. The van der Waals surface area contributed by atoms with Gasteiger partial charge in [0.15, 0.2) is 0 Å². The van der Waals surface area contributed by atoms with Crippen molar-refractivity contribution in [1.82, 2.24) is 0 Å². The van der Waals surface area contributed by atoms with E-state index in [-0.39, 0.29) is 0 Å². The first kappa shape index (κ1) is 11.0. The van der Waals surface area contributed by atoms with Gasteiger partial charge in [0.2, 0.25) is 6.42 Å². The molecule has 1 heterocycles. The van der Waals surface area contributed by atoms with Crippen LogP contribution in [-0.4, -0.2) is 12.2 Å². The van der Waals surface area contributed by atoms with E-state index in [1.165, 1.54) is 0 Å². The summed E-state index contributed by atoms with van der Waals surface area (Å²) < 4.78 is 8.26. The van der Waals surface area contributed by atoms with Crippen LogP contribution in [0.1, 0.15) is 20.8 Å². The van der Waals surface area contributed by atoms with Crippen molar-refractivity contribution in [2.24, 2.45) is 0 Å². The predicted octanol–water partition coefficient (Wildman–Crippen LogP) is 3.62. The van der Waals surface area contributed by atoms with Crippen LogP contribution in [-0.2, 0) is 11.8 Å². The highest BCUT2D eigenvalue weighted by Crippen LogP contribution is 2.62. The minimum absolute atomic E-state index is 0.402. The van der Waals surface area contributed by atoms with Gasteiger partial charge in [-0.15, -0.1) is 0 Å². The fourth-order valence-corrected chi connectivity index (χ4v) is 5.18. The third-order valence-corrected chi connectivity index (χ3v) is 6.71. The largest absolute Gasteiger partial charge is 0.446 e. The molecule has 1 aromatic rings. The van der Waals surface area contributed by atoms with Crippen LogP contribution in [0.3, 0.4) is 0 Å². The Morgan fingerprint density at radius 1 is 1.40 bits per heavy atom. The van der Waals surface area contributed by atoms with Crippen LogP contribution in [0.25, 0.3) is 0 Å². The van der Waals surface area contributed by atoms with Crippen molar-refractivity contribution in [2.45, 2.75) is 26.8 Å². The molecule has 2 nitrogen and oxygen atoms in total. The molecule has 4 heteroatoms. The van der Waals surface area contributed by atoms with Crippen LogP contribution in [0.15, 0.2) is 24.3 Å². The van der Waals surface area contributed by atoms with E-state index in [4.69, 9.17) is 16.3 Å². The Kier molecular flexibility index (Phi) is 2.78. The summed E-state index contributed by atoms with van der Waals surface area (Å²) in [6, 6.07) is 8.54. The van der Waals surface area contributed by atoms with E-state index in [1.807, 2.05) is 18.2 Å². The van der Waals surface area contributed by atoms with Gasteiger partial charge < -0.3 is 9.19 Å². The maximum atomic E-state index is 5.97. The molecule has 82 valence electrons. The molecular weight excluding hydrogens is 225 g/mol. The molecule has 0 saturated carbocycles. The second kappa shape index (κ2) is 3.80. The monoisotopic (exact) mass is 241 g/mol. The molecule has 0 radical (unpaired) electrons. The van der Waals surface area contributed by atoms with Crippen molar-refractivity contribution in [3.05, 3.63) is 24.3 Å². The molecule has 1 unspecified atom stereocenters. The summed E-state index contributed by atoms with van der Waals surface area (Å²) in [6.07, 6.45) is -0.921. The van der Waals surface area contributed by atoms with Gasteiger partial charge in [-0.3, -0.25) is 0 Å². The second-order valence-corrected chi connectivity index (χ2v) is 8.18. The lowest BCUT2D eigenvalue weighted by atomic mass is 10.2. The lowest BCUT2D eigenvalue weighted by molar-refractivity contribution is 0.629. The lowest BCUT2D eigenvalue weighted by Gasteiger charge is -2.30. The van der Waals surface area contributed by atoms with Crippen LogP contribution in [0.4, 0.5) is 5.69 Å². The molecule has 0 N–H and O–H groups in total. The number of rotatable bonds is 2. The van der Waals surface area contributed by atoms with Crippen LogP contribution < -0.4 is 9.19 Å². The lowest BCUT2D eigenvalue weighted by Crippen LogP contribution is -2.26. The van der Waals surface area contributed by atoms with Gasteiger partial charge in [-0.2, -0.15) is 0 Å². The molecular formula is C11H16NOPS. The molecule has 0 spiro atoms. The summed E-state index contributed by atoms with van der Waals surface area (Å²) in [4.78, 5) is 0. The average molecular weight is 241 g/mol. The van der Waals surface area contributed by atoms with Gasteiger partial charge in [-0.1, -0.05) is 19.1 Å². The first-order valence-corrected chi connectivity index (χ1v) is 8.11. The predicted molar refractivity (Wildman–Crippen MR) is 69.5 cm³/mol. The molecule has 15 heavy (non-hydrogen) atoms. The van der Waals surface area contributed by atoms with Crippen molar-refractivity contribution >= 4 is 23.9 Å². The van der Waals surface area contributed by atoms with Gasteiger partial charge >= 0.3 is 0 Å². The van der Waals surface area contributed by atoms with E-state index in [9.17, 15) is 0 Å². The van der Waals surface area contributed by atoms with E-state index < -0.39 is 6.42 Å². The van der Waals surface area contributed by atoms with Crippen LogP contribution in [0.5, 0.6) is 5.75 Å². The standard InChI is InChI=1S/C11H16NOPS/c1-4-14(15)12(9(2)3)10-7-5-6-8-11(10)13-14/h5-9H,4H2,1-3H3. The molecule has 2 rings (SSSR count). The van der Waals surface area contributed by atoms with Gasteiger partial charge in [0.1, 0.15) is 5.75 Å². The van der Waals surface area contributed by atoms with E-state index in [1.54, 1.807) is 0 Å². The summed E-state index contributed by atoms with van der Waals surface area (Å²) in [5.41, 5.74) is 1.16. The molecule has 0 aromatic heterocycles. The summed E-state index contributed by atoms with van der Waals surface area (Å²) in [6.45, 7) is 6.45. The molecule has 0 saturated heterocycles. The van der Waals surface area contributed by atoms with E-state index >= 15 is 0 Å². The van der Waals surface area contributed by atoms with E-state index in [0.29, 0.717) is 6.04 Å². The molecule has 0 amide bonds. The summed E-state index contributed by atoms with van der Waals surface area (Å²) >= 11 is 5.69. The number of hydrogen-bond donors (Lipinski definition) is 0. The molecule has 0 aliphatic carbocycles. The minimum atomic E-state index is -1.83. The van der Waals surface area contributed by atoms with Crippen molar-refractivity contribution in [3.63, 3.8) is 0 Å². The fraction of sp³-hybridized carbons (Fsp3) is 0.455. The maximum absolute atomic E-state index is 5.97. The molecule has 1 aliphatic rings. The highest BCUT2D eigenvalue weighted by atomic mass is 32.4. The van der Waals surface area contributed by atoms with E-state index in [0.717, 1.165) is 17.6 Å². The van der Waals surface area contributed by atoms with Gasteiger partial charge in [-0.05, 0) is 37.8 Å². The van der Waals surface area contributed by atoms with E-state index in [2.05, 4.69) is 31.5 Å². The first-order chi connectivity index (χ1) is 7.08. The number of fused-ring (bicyclic) bond motifs is 1. The van der Waals surface area contributed by atoms with Gasteiger partial charge in [-0.25, -0.2) is 0 Å². The van der Waals surface area contributed by atoms with Crippen LogP contribution in [0, 0.1) is 0 Å². The Bertz CT molecular complexity index is 419. The third-order valence-electron chi connectivity index (χ3n) is 2.57. The van der Waals surface area contributed by atoms with Crippen LogP contribution >= 0.6 is 6.42 Å². The molecule has 1 atom stereocenters. The zero-order valence-electron chi connectivity index (χ0n) is 9.30. The number of nitrogens with zero attached hydrogens (tertiary/aromatic N) is 1. The Hall–Kier alpha value is -0.530. The quantitative estimate of drug-likeness (QED) is 0.734. The number of hydrogen-bond acceptors (Lipinski definition) is 2. The van der Waals surface area contributed by atoms with Crippen molar-refractivity contribution in [3.8, 4) is 5.75 Å². The Balaban J connectivity index is 2.52. The van der Waals surface area contributed by atoms with Crippen molar-refractivity contribution in [2.75, 3.05) is 10.8 Å². The smallest absolute Gasteiger partial charge is 0.204 e. The maximum Gasteiger partial charge on any atom is 0.204 e. The molecule has 1 aromatic carbocycles. The van der Waals surface area contributed by atoms with Gasteiger partial charge in [0.25, 0.3) is 0 Å². The third kappa shape index (κ3) is 1.68. The van der Waals surface area contributed by atoms with Crippen LogP contribution in [0.2, 0.25) is 0 Å². The summed E-state index contributed by atoms with van der Waals surface area (Å²) in [5, 5.41) is 0. The minimum Gasteiger partial charge on any atom is -0.446 e. The SMILES string of the molecule is CCP1(=S)Oc2ccccc2N1C(C)C. The first-order valence-electron chi connectivity index (χ1n) is 5.26. The number of para-hydroxylation sites is 2. The van der Waals surface area contributed by atoms with Gasteiger partial charge in [0.05, 0.1) is 5.69 Å². The Morgan fingerprint density at radius 3 is 2.67 bits per heavy atom. The fourth-order valence-electron chi connectivity index (χ4n) is 1.93. The normalized spacial score (nSPS) is 24.1.